The number of aryl methyl sites for hydroxylation is 2. The van der Waals surface area contributed by atoms with Gasteiger partial charge in [-0.3, -0.25) is 4.79 Å². The molecular formula is C19H20O. The van der Waals surface area contributed by atoms with Crippen LogP contribution < -0.4 is 0 Å². The third-order valence-corrected chi connectivity index (χ3v) is 4.54. The lowest BCUT2D eigenvalue weighted by molar-refractivity contribution is -0.117. The molecule has 0 heterocycles. The van der Waals surface area contributed by atoms with E-state index in [4.69, 9.17) is 0 Å². The Hall–Kier alpha value is -1.89. The molecule has 20 heavy (non-hydrogen) atoms. The van der Waals surface area contributed by atoms with Crippen LogP contribution in [0.1, 0.15) is 41.5 Å². The van der Waals surface area contributed by atoms with Crippen molar-refractivity contribution in [1.82, 2.24) is 0 Å². The Bertz CT molecular complexity index is 574. The standard InChI is InChI=1S/C19H20O/c1-14-3-7-16(8-4-14)19(12-11-18(20)13-19)17-9-5-15(2)6-10-17/h3-10H,11-13H2,1-2H3. The molecule has 0 aromatic heterocycles. The zero-order valence-electron chi connectivity index (χ0n) is 12.1. The molecule has 0 bridgehead atoms. The van der Waals surface area contributed by atoms with Crippen molar-refractivity contribution in [2.75, 3.05) is 0 Å². The summed E-state index contributed by atoms with van der Waals surface area (Å²) < 4.78 is 0. The monoisotopic (exact) mass is 264 g/mol. The molecule has 0 amide bonds. The Morgan fingerprint density at radius 1 is 0.800 bits per heavy atom. The van der Waals surface area contributed by atoms with Gasteiger partial charge in [-0.2, -0.15) is 0 Å². The molecule has 1 nitrogen and oxygen atoms in total. The third kappa shape index (κ3) is 2.18. The van der Waals surface area contributed by atoms with E-state index in [9.17, 15) is 4.79 Å². The lowest BCUT2D eigenvalue weighted by atomic mass is 9.73. The molecule has 0 aliphatic heterocycles. The average molecular weight is 264 g/mol. The largest absolute Gasteiger partial charge is 0.300 e. The van der Waals surface area contributed by atoms with Gasteiger partial charge in [0, 0.05) is 18.3 Å². The topological polar surface area (TPSA) is 17.1 Å². The SMILES string of the molecule is Cc1ccc(C2(c3ccc(C)cc3)CCC(=O)C2)cc1. The number of hydrogen-bond donors (Lipinski definition) is 0. The normalized spacial score (nSPS) is 17.4. The van der Waals surface area contributed by atoms with E-state index in [1.807, 2.05) is 0 Å². The first kappa shape index (κ1) is 13.1. The van der Waals surface area contributed by atoms with Crippen molar-refractivity contribution < 1.29 is 4.79 Å². The van der Waals surface area contributed by atoms with Gasteiger partial charge in [0.2, 0.25) is 0 Å². The van der Waals surface area contributed by atoms with Crippen LogP contribution in [0.3, 0.4) is 0 Å². The van der Waals surface area contributed by atoms with Crippen LogP contribution in [0.5, 0.6) is 0 Å². The summed E-state index contributed by atoms with van der Waals surface area (Å²) in [5, 5.41) is 0. The molecule has 1 aliphatic rings. The second kappa shape index (κ2) is 4.90. The van der Waals surface area contributed by atoms with Crippen molar-refractivity contribution in [3.8, 4) is 0 Å². The zero-order valence-corrected chi connectivity index (χ0v) is 12.1. The number of hydrogen-bond acceptors (Lipinski definition) is 1. The molecule has 102 valence electrons. The summed E-state index contributed by atoms with van der Waals surface area (Å²) in [5.74, 6) is 0.381. The fourth-order valence-electron chi connectivity index (χ4n) is 3.27. The maximum Gasteiger partial charge on any atom is 0.134 e. The molecule has 3 rings (SSSR count). The molecule has 0 spiro atoms. The highest BCUT2D eigenvalue weighted by Gasteiger charge is 2.41. The zero-order chi connectivity index (χ0) is 14.2. The molecule has 0 saturated heterocycles. The van der Waals surface area contributed by atoms with Crippen molar-refractivity contribution >= 4 is 5.78 Å². The molecule has 0 N–H and O–H groups in total. The first-order valence-electron chi connectivity index (χ1n) is 7.26. The summed E-state index contributed by atoms with van der Waals surface area (Å²) in [6, 6.07) is 17.3. The minimum Gasteiger partial charge on any atom is -0.300 e. The molecule has 0 radical (unpaired) electrons. The van der Waals surface area contributed by atoms with Crippen molar-refractivity contribution in [2.45, 2.75) is 38.5 Å². The van der Waals surface area contributed by atoms with Crippen LogP contribution in [0.4, 0.5) is 0 Å². The first-order chi connectivity index (χ1) is 9.60. The summed E-state index contributed by atoms with van der Waals surface area (Å²) in [6.07, 6.45) is 2.26. The van der Waals surface area contributed by atoms with Gasteiger partial charge >= 0.3 is 0 Å². The molecule has 1 aliphatic carbocycles. The van der Waals surface area contributed by atoms with Crippen LogP contribution in [0.25, 0.3) is 0 Å². The number of benzene rings is 2. The second-order valence-electron chi connectivity index (χ2n) is 6.03. The second-order valence-corrected chi connectivity index (χ2v) is 6.03. The summed E-state index contributed by atoms with van der Waals surface area (Å²) in [4.78, 5) is 11.9. The van der Waals surface area contributed by atoms with Gasteiger partial charge in [0.1, 0.15) is 5.78 Å². The average Bonchev–Trinajstić information content (AvgIpc) is 2.84. The Kier molecular flexibility index (Phi) is 3.21. The van der Waals surface area contributed by atoms with Gasteiger partial charge in [0.05, 0.1) is 0 Å². The van der Waals surface area contributed by atoms with E-state index in [1.54, 1.807) is 0 Å². The van der Waals surface area contributed by atoms with Crippen LogP contribution in [0, 0.1) is 13.8 Å². The molecule has 1 saturated carbocycles. The van der Waals surface area contributed by atoms with Gasteiger partial charge in [0.15, 0.2) is 0 Å². The highest BCUT2D eigenvalue weighted by molar-refractivity contribution is 5.84. The van der Waals surface area contributed by atoms with Crippen LogP contribution in [-0.4, -0.2) is 5.78 Å². The summed E-state index contributed by atoms with van der Waals surface area (Å²) >= 11 is 0. The van der Waals surface area contributed by atoms with Crippen molar-refractivity contribution in [3.05, 3.63) is 70.8 Å². The lowest BCUT2D eigenvalue weighted by Gasteiger charge is -2.30. The van der Waals surface area contributed by atoms with E-state index in [1.165, 1.54) is 22.3 Å². The predicted molar refractivity (Wildman–Crippen MR) is 82.0 cm³/mol. The Balaban J connectivity index is 2.12. The molecule has 1 fully saturated rings. The number of ketones is 1. The highest BCUT2D eigenvalue weighted by atomic mass is 16.1. The molecular weight excluding hydrogens is 244 g/mol. The van der Waals surface area contributed by atoms with E-state index < -0.39 is 0 Å². The van der Waals surface area contributed by atoms with Crippen LogP contribution >= 0.6 is 0 Å². The van der Waals surface area contributed by atoms with E-state index in [0.717, 1.165) is 6.42 Å². The van der Waals surface area contributed by atoms with Gasteiger partial charge in [-0.1, -0.05) is 59.7 Å². The maximum absolute atomic E-state index is 11.9. The first-order valence-corrected chi connectivity index (χ1v) is 7.26. The Labute approximate surface area is 120 Å². The fraction of sp³-hybridized carbons (Fsp3) is 0.316. The summed E-state index contributed by atoms with van der Waals surface area (Å²) in [6.45, 7) is 4.20. The molecule has 2 aromatic carbocycles. The van der Waals surface area contributed by atoms with Gasteiger partial charge in [-0.15, -0.1) is 0 Å². The molecule has 2 aromatic rings. The third-order valence-electron chi connectivity index (χ3n) is 4.54. The molecule has 1 heteroatoms. The smallest absolute Gasteiger partial charge is 0.134 e. The van der Waals surface area contributed by atoms with Crippen LogP contribution in [0.15, 0.2) is 48.5 Å². The Morgan fingerprint density at radius 2 is 1.25 bits per heavy atom. The van der Waals surface area contributed by atoms with Crippen molar-refractivity contribution in [1.29, 1.82) is 0 Å². The van der Waals surface area contributed by atoms with Gasteiger partial charge in [-0.25, -0.2) is 0 Å². The summed E-state index contributed by atoms with van der Waals surface area (Å²) in [5.41, 5.74) is 4.96. The van der Waals surface area contributed by atoms with Crippen molar-refractivity contribution in [3.63, 3.8) is 0 Å². The quantitative estimate of drug-likeness (QED) is 0.788. The highest BCUT2D eigenvalue weighted by Crippen LogP contribution is 2.45. The number of Topliss-reactive ketones (excluding diaryl/α,β-unsaturated/α-hetero) is 1. The van der Waals surface area contributed by atoms with Crippen LogP contribution in [0.2, 0.25) is 0 Å². The fourth-order valence-corrected chi connectivity index (χ4v) is 3.27. The van der Waals surface area contributed by atoms with E-state index in [-0.39, 0.29) is 5.41 Å². The number of rotatable bonds is 2. The van der Waals surface area contributed by atoms with Gasteiger partial charge in [0.25, 0.3) is 0 Å². The minimum absolute atomic E-state index is 0.113. The van der Waals surface area contributed by atoms with E-state index >= 15 is 0 Å². The van der Waals surface area contributed by atoms with Gasteiger partial charge in [-0.05, 0) is 31.4 Å². The van der Waals surface area contributed by atoms with E-state index in [0.29, 0.717) is 18.6 Å². The summed E-state index contributed by atoms with van der Waals surface area (Å²) in [7, 11) is 0. The van der Waals surface area contributed by atoms with E-state index in [2.05, 4.69) is 62.4 Å². The maximum atomic E-state index is 11.9. The molecule has 0 atom stereocenters. The van der Waals surface area contributed by atoms with Gasteiger partial charge < -0.3 is 0 Å². The predicted octanol–water partition coefficient (Wildman–Crippen LogP) is 4.34. The Morgan fingerprint density at radius 3 is 1.60 bits per heavy atom. The lowest BCUT2D eigenvalue weighted by Crippen LogP contribution is -2.24. The molecule has 0 unspecified atom stereocenters. The van der Waals surface area contributed by atoms with Crippen LogP contribution in [-0.2, 0) is 10.2 Å². The number of carbonyl (C=O) groups is 1. The number of carbonyl (C=O) groups excluding carboxylic acids is 1. The van der Waals surface area contributed by atoms with Crippen molar-refractivity contribution in [2.24, 2.45) is 0 Å². The minimum atomic E-state index is -0.113.